The first-order chi connectivity index (χ1) is 8.90. The number of nitro benzene ring substituents is 1. The highest BCUT2D eigenvalue weighted by molar-refractivity contribution is 9.10. The van der Waals surface area contributed by atoms with E-state index in [4.69, 9.17) is 5.11 Å². The summed E-state index contributed by atoms with van der Waals surface area (Å²) in [4.78, 5) is 21.7. The number of aliphatic hydroxyl groups excluding tert-OH is 1. The van der Waals surface area contributed by atoms with Crippen LogP contribution in [0.2, 0.25) is 0 Å². The topological polar surface area (TPSA) is 102 Å². The van der Waals surface area contributed by atoms with E-state index in [2.05, 4.69) is 26.0 Å². The van der Waals surface area contributed by atoms with E-state index in [0.29, 0.717) is 10.0 Å². The number of anilines is 1. The van der Waals surface area contributed by atoms with Gasteiger partial charge in [-0.05, 0) is 34.5 Å². The lowest BCUT2D eigenvalue weighted by atomic mass is 10.1. The van der Waals surface area contributed by atoms with Gasteiger partial charge in [0.05, 0.1) is 18.6 Å². The van der Waals surface area contributed by atoms with E-state index in [1.807, 2.05) is 0 Å². The number of nitrogens with one attached hydrogen (secondary N) is 1. The molecule has 0 saturated carbocycles. The van der Waals surface area contributed by atoms with Gasteiger partial charge in [-0.3, -0.25) is 10.1 Å². The SMILES string of the molecule is COC(=O)[C@@H](C)Nc1c(Br)cc(CO)cc1[N+](=O)[O-]. The largest absolute Gasteiger partial charge is 0.467 e. The zero-order valence-electron chi connectivity index (χ0n) is 10.3. The van der Waals surface area contributed by atoms with Gasteiger partial charge in [0.1, 0.15) is 11.7 Å². The highest BCUT2D eigenvalue weighted by atomic mass is 79.9. The molecule has 1 aromatic carbocycles. The molecule has 1 rings (SSSR count). The Morgan fingerprint density at radius 2 is 2.26 bits per heavy atom. The molecule has 1 aromatic rings. The molecule has 0 unspecified atom stereocenters. The molecule has 104 valence electrons. The number of benzene rings is 1. The predicted octanol–water partition coefficient (Wildman–Crippen LogP) is 1.82. The van der Waals surface area contributed by atoms with E-state index < -0.39 is 16.9 Å². The summed E-state index contributed by atoms with van der Waals surface area (Å²) in [6.07, 6.45) is 0. The first kappa shape index (κ1) is 15.4. The van der Waals surface area contributed by atoms with Crippen molar-refractivity contribution in [2.75, 3.05) is 12.4 Å². The van der Waals surface area contributed by atoms with Crippen LogP contribution in [0, 0.1) is 10.1 Å². The molecule has 0 aliphatic carbocycles. The van der Waals surface area contributed by atoms with Gasteiger partial charge in [0.15, 0.2) is 0 Å². The number of carbonyl (C=O) groups is 1. The number of methoxy groups -OCH3 is 1. The van der Waals surface area contributed by atoms with Gasteiger partial charge in [-0.25, -0.2) is 4.79 Å². The summed E-state index contributed by atoms with van der Waals surface area (Å²) in [5.41, 5.74) is 0.337. The molecule has 0 aliphatic heterocycles. The third kappa shape index (κ3) is 3.65. The maximum absolute atomic E-state index is 11.3. The lowest BCUT2D eigenvalue weighted by Gasteiger charge is -2.15. The third-order valence-electron chi connectivity index (χ3n) is 2.42. The average molecular weight is 333 g/mol. The molecule has 0 amide bonds. The van der Waals surface area contributed by atoms with Crippen LogP contribution in [0.25, 0.3) is 0 Å². The summed E-state index contributed by atoms with van der Waals surface area (Å²) < 4.78 is 4.93. The fourth-order valence-corrected chi connectivity index (χ4v) is 2.09. The van der Waals surface area contributed by atoms with Crippen LogP contribution >= 0.6 is 15.9 Å². The molecular formula is C11H13BrN2O5. The number of carbonyl (C=O) groups excluding carboxylic acids is 1. The van der Waals surface area contributed by atoms with Crippen molar-refractivity contribution in [3.05, 3.63) is 32.3 Å². The number of nitrogens with zero attached hydrogens (tertiary/aromatic N) is 1. The van der Waals surface area contributed by atoms with Crippen LogP contribution in [0.4, 0.5) is 11.4 Å². The number of aliphatic hydroxyl groups is 1. The van der Waals surface area contributed by atoms with Crippen molar-refractivity contribution in [2.45, 2.75) is 19.6 Å². The molecule has 1 atom stereocenters. The summed E-state index contributed by atoms with van der Waals surface area (Å²) in [5.74, 6) is -0.535. The van der Waals surface area contributed by atoms with Gasteiger partial charge >= 0.3 is 5.97 Å². The van der Waals surface area contributed by atoms with Crippen molar-refractivity contribution < 1.29 is 19.6 Å². The molecule has 8 heteroatoms. The average Bonchev–Trinajstić information content (AvgIpc) is 2.39. The van der Waals surface area contributed by atoms with E-state index >= 15 is 0 Å². The second-order valence-electron chi connectivity index (χ2n) is 3.78. The van der Waals surface area contributed by atoms with Crippen molar-refractivity contribution in [2.24, 2.45) is 0 Å². The molecule has 0 radical (unpaired) electrons. The fourth-order valence-electron chi connectivity index (χ4n) is 1.48. The van der Waals surface area contributed by atoms with Crippen molar-refractivity contribution >= 4 is 33.3 Å². The van der Waals surface area contributed by atoms with E-state index in [1.165, 1.54) is 20.1 Å². The second kappa shape index (κ2) is 6.48. The number of ether oxygens (including phenoxy) is 1. The first-order valence-corrected chi connectivity index (χ1v) is 6.12. The van der Waals surface area contributed by atoms with E-state index in [-0.39, 0.29) is 18.0 Å². The molecule has 19 heavy (non-hydrogen) atoms. The minimum absolute atomic E-state index is 0.167. The minimum Gasteiger partial charge on any atom is -0.467 e. The number of hydrogen-bond acceptors (Lipinski definition) is 6. The summed E-state index contributed by atoms with van der Waals surface area (Å²) in [6.45, 7) is 1.22. The highest BCUT2D eigenvalue weighted by Gasteiger charge is 2.22. The molecule has 0 bridgehead atoms. The summed E-state index contributed by atoms with van der Waals surface area (Å²) >= 11 is 3.18. The quantitative estimate of drug-likeness (QED) is 0.484. The number of hydrogen-bond donors (Lipinski definition) is 2. The van der Waals surface area contributed by atoms with Gasteiger partial charge in [0, 0.05) is 10.5 Å². The lowest BCUT2D eigenvalue weighted by molar-refractivity contribution is -0.384. The molecule has 2 N–H and O–H groups in total. The Bertz CT molecular complexity index is 506. The molecule has 0 fully saturated rings. The van der Waals surface area contributed by atoms with Crippen LogP contribution in [0.1, 0.15) is 12.5 Å². The summed E-state index contributed by atoms with van der Waals surface area (Å²) in [5, 5.41) is 22.8. The third-order valence-corrected chi connectivity index (χ3v) is 3.05. The van der Waals surface area contributed by atoms with Gasteiger partial charge in [-0.1, -0.05) is 0 Å². The first-order valence-electron chi connectivity index (χ1n) is 5.32. The van der Waals surface area contributed by atoms with Crippen LogP contribution in [0.5, 0.6) is 0 Å². The molecule has 0 aromatic heterocycles. The van der Waals surface area contributed by atoms with Gasteiger partial charge in [0.2, 0.25) is 0 Å². The Kier molecular flexibility index (Phi) is 5.25. The highest BCUT2D eigenvalue weighted by Crippen LogP contribution is 2.34. The number of rotatable bonds is 5. The molecule has 0 heterocycles. The van der Waals surface area contributed by atoms with Crippen LogP contribution in [-0.2, 0) is 16.1 Å². The second-order valence-corrected chi connectivity index (χ2v) is 4.63. The van der Waals surface area contributed by atoms with Crippen LogP contribution in [0.3, 0.4) is 0 Å². The normalized spacial score (nSPS) is 11.8. The van der Waals surface area contributed by atoms with Crippen molar-refractivity contribution in [3.63, 3.8) is 0 Å². The Balaban J connectivity index is 3.18. The number of halogens is 1. The van der Waals surface area contributed by atoms with E-state index in [9.17, 15) is 14.9 Å². The monoisotopic (exact) mass is 332 g/mol. The molecule has 7 nitrogen and oxygen atoms in total. The van der Waals surface area contributed by atoms with Crippen LogP contribution in [-0.4, -0.2) is 29.2 Å². The van der Waals surface area contributed by atoms with E-state index in [0.717, 1.165) is 0 Å². The van der Waals surface area contributed by atoms with Gasteiger partial charge in [0.25, 0.3) is 5.69 Å². The van der Waals surface area contributed by atoms with Crippen LogP contribution < -0.4 is 5.32 Å². The van der Waals surface area contributed by atoms with Gasteiger partial charge < -0.3 is 15.2 Å². The van der Waals surface area contributed by atoms with Gasteiger partial charge in [-0.15, -0.1) is 0 Å². The molecular weight excluding hydrogens is 320 g/mol. The van der Waals surface area contributed by atoms with Crippen molar-refractivity contribution in [3.8, 4) is 0 Å². The maximum atomic E-state index is 11.3. The zero-order valence-corrected chi connectivity index (χ0v) is 11.9. The number of nitro groups is 1. The van der Waals surface area contributed by atoms with Crippen LogP contribution in [0.15, 0.2) is 16.6 Å². The molecule has 0 spiro atoms. The van der Waals surface area contributed by atoms with E-state index in [1.54, 1.807) is 6.07 Å². The Morgan fingerprint density at radius 3 is 2.74 bits per heavy atom. The molecule has 0 saturated heterocycles. The van der Waals surface area contributed by atoms with Crippen molar-refractivity contribution in [1.82, 2.24) is 0 Å². The number of esters is 1. The predicted molar refractivity (Wildman–Crippen MR) is 71.8 cm³/mol. The van der Waals surface area contributed by atoms with Gasteiger partial charge in [-0.2, -0.15) is 0 Å². The minimum atomic E-state index is -0.736. The molecule has 0 aliphatic rings. The Morgan fingerprint density at radius 1 is 1.63 bits per heavy atom. The smallest absolute Gasteiger partial charge is 0.327 e. The Labute approximate surface area is 117 Å². The fraction of sp³-hybridized carbons (Fsp3) is 0.364. The lowest BCUT2D eigenvalue weighted by Crippen LogP contribution is -2.27. The summed E-state index contributed by atoms with van der Waals surface area (Å²) in [6, 6.07) is 2.05. The van der Waals surface area contributed by atoms with Crippen molar-refractivity contribution in [1.29, 1.82) is 0 Å². The Hall–Kier alpha value is -1.67. The summed E-state index contributed by atoms with van der Waals surface area (Å²) in [7, 11) is 1.23. The maximum Gasteiger partial charge on any atom is 0.327 e. The zero-order chi connectivity index (χ0) is 14.6. The standard InChI is InChI=1S/C11H13BrN2O5/c1-6(11(16)19-2)13-10-8(12)3-7(5-15)4-9(10)14(17)18/h3-4,6,13,15H,5H2,1-2H3/t6-/m1/s1.